The number of hydrogen-bond acceptors (Lipinski definition) is 3. The molecule has 1 atom stereocenters. The molecule has 0 aliphatic carbocycles. The Kier molecular flexibility index (Phi) is 7.32. The normalized spacial score (nSPS) is 16.3. The van der Waals surface area contributed by atoms with E-state index in [0.717, 1.165) is 6.07 Å². The van der Waals surface area contributed by atoms with E-state index in [1.54, 1.807) is 6.07 Å². The molecule has 1 N–H and O–H groups in total. The van der Waals surface area contributed by atoms with E-state index in [4.69, 9.17) is 0 Å². The quantitative estimate of drug-likeness (QED) is 0.609. The standard InChI is InChI=1S/C22H21F5N2O3/c23-18-6-2-4-15(21(18)24)13-29-16(7-8-20(29)31)12-19(30)28-10-9-14-3-1-5-17(11-14)32-22(25,26)27/h1-6,11,16H,7-10,12-13H2,(H,28,30). The molecule has 1 fully saturated rings. The van der Waals surface area contributed by atoms with Gasteiger partial charge < -0.3 is 15.0 Å². The molecule has 0 spiro atoms. The van der Waals surface area contributed by atoms with Gasteiger partial charge in [-0.05, 0) is 36.6 Å². The predicted molar refractivity (Wildman–Crippen MR) is 104 cm³/mol. The Morgan fingerprint density at radius 1 is 1.16 bits per heavy atom. The van der Waals surface area contributed by atoms with E-state index in [1.807, 2.05) is 0 Å². The Hall–Kier alpha value is -3.17. The Morgan fingerprint density at radius 3 is 2.66 bits per heavy atom. The third kappa shape index (κ3) is 6.41. The number of nitrogens with one attached hydrogen (secondary N) is 1. The zero-order chi connectivity index (χ0) is 23.3. The maximum Gasteiger partial charge on any atom is 0.573 e. The molecular weight excluding hydrogens is 435 g/mol. The van der Waals surface area contributed by atoms with Gasteiger partial charge in [-0.15, -0.1) is 13.2 Å². The zero-order valence-corrected chi connectivity index (χ0v) is 16.9. The number of amides is 2. The van der Waals surface area contributed by atoms with Gasteiger partial charge in [0.25, 0.3) is 0 Å². The highest BCUT2D eigenvalue weighted by Crippen LogP contribution is 2.26. The number of hydrogen-bond donors (Lipinski definition) is 1. The summed E-state index contributed by atoms with van der Waals surface area (Å²) in [6.45, 7) is 0.0415. The zero-order valence-electron chi connectivity index (χ0n) is 16.9. The molecule has 1 aliphatic rings. The first-order valence-corrected chi connectivity index (χ1v) is 9.96. The SMILES string of the molecule is O=C(CC1CCC(=O)N1Cc1cccc(F)c1F)NCCc1cccc(OC(F)(F)F)c1. The van der Waals surface area contributed by atoms with Crippen molar-refractivity contribution < 1.29 is 36.3 Å². The lowest BCUT2D eigenvalue weighted by molar-refractivity contribution is -0.274. The second-order valence-electron chi connectivity index (χ2n) is 7.43. The Morgan fingerprint density at radius 2 is 1.91 bits per heavy atom. The van der Waals surface area contributed by atoms with Gasteiger partial charge in [0, 0.05) is 37.5 Å². The van der Waals surface area contributed by atoms with Gasteiger partial charge in [-0.1, -0.05) is 24.3 Å². The number of nitrogens with zero attached hydrogens (tertiary/aromatic N) is 1. The van der Waals surface area contributed by atoms with E-state index in [0.29, 0.717) is 12.0 Å². The molecule has 2 aromatic rings. The Balaban J connectivity index is 1.51. The van der Waals surface area contributed by atoms with E-state index < -0.39 is 24.0 Å². The molecule has 2 aromatic carbocycles. The van der Waals surface area contributed by atoms with Crippen molar-refractivity contribution in [2.75, 3.05) is 6.54 Å². The van der Waals surface area contributed by atoms with Crippen molar-refractivity contribution in [3.8, 4) is 5.75 Å². The second-order valence-corrected chi connectivity index (χ2v) is 7.43. The van der Waals surface area contributed by atoms with Crippen molar-refractivity contribution in [1.29, 1.82) is 0 Å². The third-order valence-electron chi connectivity index (χ3n) is 5.11. The summed E-state index contributed by atoms with van der Waals surface area (Å²) in [5.74, 6) is -2.96. The number of likely N-dealkylation sites (tertiary alicyclic amines) is 1. The molecule has 2 amide bonds. The van der Waals surface area contributed by atoms with Crippen LogP contribution in [0, 0.1) is 11.6 Å². The fourth-order valence-electron chi connectivity index (χ4n) is 3.61. The highest BCUT2D eigenvalue weighted by Gasteiger charge is 2.33. The van der Waals surface area contributed by atoms with E-state index >= 15 is 0 Å². The first-order chi connectivity index (χ1) is 15.1. The van der Waals surface area contributed by atoms with Crippen molar-refractivity contribution in [2.24, 2.45) is 0 Å². The van der Waals surface area contributed by atoms with Crippen LogP contribution in [0.25, 0.3) is 0 Å². The second kappa shape index (κ2) is 9.97. The molecule has 3 rings (SSSR count). The monoisotopic (exact) mass is 456 g/mol. The molecular formula is C22H21F5N2O3. The van der Waals surface area contributed by atoms with Gasteiger partial charge in [-0.3, -0.25) is 9.59 Å². The lowest BCUT2D eigenvalue weighted by atomic mass is 10.1. The van der Waals surface area contributed by atoms with E-state index in [9.17, 15) is 31.5 Å². The van der Waals surface area contributed by atoms with Crippen molar-refractivity contribution in [3.63, 3.8) is 0 Å². The number of alkyl halides is 3. The molecule has 1 aliphatic heterocycles. The molecule has 10 heteroatoms. The molecule has 1 heterocycles. The number of ether oxygens (including phenoxy) is 1. The lowest BCUT2D eigenvalue weighted by Gasteiger charge is -2.25. The molecule has 0 bridgehead atoms. The number of carbonyl (C=O) groups is 2. The number of benzene rings is 2. The molecule has 0 aromatic heterocycles. The number of halogens is 5. The summed E-state index contributed by atoms with van der Waals surface area (Å²) < 4.78 is 68.2. The van der Waals surface area contributed by atoms with Gasteiger partial charge in [0.05, 0.1) is 0 Å². The van der Waals surface area contributed by atoms with Crippen LogP contribution in [0.3, 0.4) is 0 Å². The summed E-state index contributed by atoms with van der Waals surface area (Å²) in [5, 5.41) is 2.67. The summed E-state index contributed by atoms with van der Waals surface area (Å²) in [7, 11) is 0. The summed E-state index contributed by atoms with van der Waals surface area (Å²) in [6, 6.07) is 8.73. The average Bonchev–Trinajstić information content (AvgIpc) is 3.04. The van der Waals surface area contributed by atoms with Crippen molar-refractivity contribution in [1.82, 2.24) is 10.2 Å². The maximum atomic E-state index is 14.0. The highest BCUT2D eigenvalue weighted by atomic mass is 19.4. The molecule has 1 saturated heterocycles. The van der Waals surface area contributed by atoms with Crippen LogP contribution in [-0.4, -0.2) is 35.7 Å². The Labute approximate surface area is 181 Å². The van der Waals surface area contributed by atoms with Crippen LogP contribution in [0.4, 0.5) is 22.0 Å². The summed E-state index contributed by atoms with van der Waals surface area (Å²) in [4.78, 5) is 25.9. The molecule has 172 valence electrons. The first-order valence-electron chi connectivity index (χ1n) is 9.96. The number of carbonyl (C=O) groups excluding carboxylic acids is 2. The summed E-state index contributed by atoms with van der Waals surface area (Å²) in [5.41, 5.74) is 0.581. The topological polar surface area (TPSA) is 58.6 Å². The lowest BCUT2D eigenvalue weighted by Crippen LogP contribution is -2.37. The molecule has 0 saturated carbocycles. The summed E-state index contributed by atoms with van der Waals surface area (Å²) in [6.07, 6.45) is -3.89. The fourth-order valence-corrected chi connectivity index (χ4v) is 3.61. The van der Waals surface area contributed by atoms with E-state index in [1.165, 1.54) is 35.2 Å². The van der Waals surface area contributed by atoms with Gasteiger partial charge in [-0.2, -0.15) is 0 Å². The first kappa shape index (κ1) is 23.5. The van der Waals surface area contributed by atoms with Gasteiger partial charge >= 0.3 is 6.36 Å². The van der Waals surface area contributed by atoms with Crippen LogP contribution in [0.2, 0.25) is 0 Å². The minimum atomic E-state index is -4.79. The molecule has 0 radical (unpaired) electrons. The van der Waals surface area contributed by atoms with Crippen LogP contribution in [-0.2, 0) is 22.6 Å². The summed E-state index contributed by atoms with van der Waals surface area (Å²) >= 11 is 0. The largest absolute Gasteiger partial charge is 0.573 e. The third-order valence-corrected chi connectivity index (χ3v) is 5.11. The van der Waals surface area contributed by atoms with Crippen molar-refractivity contribution in [3.05, 3.63) is 65.2 Å². The molecule has 1 unspecified atom stereocenters. The smallest absolute Gasteiger partial charge is 0.406 e. The van der Waals surface area contributed by atoms with E-state index in [-0.39, 0.29) is 55.5 Å². The van der Waals surface area contributed by atoms with Gasteiger partial charge in [0.15, 0.2) is 11.6 Å². The fraction of sp³-hybridized carbons (Fsp3) is 0.364. The molecule has 32 heavy (non-hydrogen) atoms. The minimum Gasteiger partial charge on any atom is -0.406 e. The number of rotatable bonds is 8. The van der Waals surface area contributed by atoms with Crippen molar-refractivity contribution >= 4 is 11.8 Å². The Bertz CT molecular complexity index is 980. The van der Waals surface area contributed by atoms with Crippen LogP contribution >= 0.6 is 0 Å². The maximum absolute atomic E-state index is 14.0. The van der Waals surface area contributed by atoms with Crippen molar-refractivity contribution in [2.45, 2.75) is 44.6 Å². The van der Waals surface area contributed by atoms with Gasteiger partial charge in [-0.25, -0.2) is 8.78 Å². The highest BCUT2D eigenvalue weighted by molar-refractivity contribution is 5.82. The van der Waals surface area contributed by atoms with E-state index in [2.05, 4.69) is 10.1 Å². The van der Waals surface area contributed by atoms with Gasteiger partial charge in [0.2, 0.25) is 11.8 Å². The predicted octanol–water partition coefficient (Wildman–Crippen LogP) is 4.10. The van der Waals surface area contributed by atoms with Gasteiger partial charge in [0.1, 0.15) is 5.75 Å². The van der Waals surface area contributed by atoms with Crippen LogP contribution < -0.4 is 10.1 Å². The average molecular weight is 456 g/mol. The molecule has 5 nitrogen and oxygen atoms in total. The van der Waals surface area contributed by atoms with Crippen LogP contribution in [0.15, 0.2) is 42.5 Å². The minimum absolute atomic E-state index is 0.0140. The van der Waals surface area contributed by atoms with Crippen LogP contribution in [0.1, 0.15) is 30.4 Å². The van der Waals surface area contributed by atoms with Crippen LogP contribution in [0.5, 0.6) is 5.75 Å².